The van der Waals surface area contributed by atoms with Crippen LogP contribution in [0.25, 0.3) is 6.08 Å². The highest BCUT2D eigenvalue weighted by molar-refractivity contribution is 6.01. The molecule has 0 unspecified atom stereocenters. The number of nitrogens with zero attached hydrogens (tertiary/aromatic N) is 2. The average molecular weight is 239 g/mol. The average Bonchev–Trinajstić information content (AvgIpc) is 2.38. The van der Waals surface area contributed by atoms with Crippen LogP contribution in [0, 0.1) is 6.92 Å². The normalized spacial score (nSPS) is 10.5. The fourth-order valence-electron chi connectivity index (χ4n) is 1.45. The van der Waals surface area contributed by atoms with Gasteiger partial charge in [0.1, 0.15) is 0 Å². The number of rotatable bonds is 3. The molecule has 0 atom stereocenters. The molecular formula is C14H13N3O. The summed E-state index contributed by atoms with van der Waals surface area (Å²) in [4.78, 5) is 19.6. The number of anilines is 1. The number of hydrogen-bond acceptors (Lipinski definition) is 3. The molecule has 1 N–H and O–H groups in total. The van der Waals surface area contributed by atoms with Crippen LogP contribution in [0.2, 0.25) is 0 Å². The van der Waals surface area contributed by atoms with Gasteiger partial charge in [0.15, 0.2) is 0 Å². The third-order valence-corrected chi connectivity index (χ3v) is 2.30. The summed E-state index contributed by atoms with van der Waals surface area (Å²) in [5, 5.41) is 2.77. The summed E-state index contributed by atoms with van der Waals surface area (Å²) in [5.74, 6) is -0.169. The molecular weight excluding hydrogens is 226 g/mol. The summed E-state index contributed by atoms with van der Waals surface area (Å²) >= 11 is 0. The van der Waals surface area contributed by atoms with Crippen molar-refractivity contribution in [2.75, 3.05) is 5.32 Å². The summed E-state index contributed by atoms with van der Waals surface area (Å²) in [6.07, 6.45) is 8.27. The first kappa shape index (κ1) is 12.0. The molecule has 18 heavy (non-hydrogen) atoms. The van der Waals surface area contributed by atoms with Crippen molar-refractivity contribution in [1.82, 2.24) is 9.97 Å². The topological polar surface area (TPSA) is 54.9 Å². The van der Waals surface area contributed by atoms with E-state index in [0.29, 0.717) is 0 Å². The second kappa shape index (κ2) is 5.72. The Morgan fingerprint density at radius 1 is 1.22 bits per heavy atom. The lowest BCUT2D eigenvalue weighted by Gasteiger charge is -2.02. The van der Waals surface area contributed by atoms with Crippen LogP contribution in [0.4, 0.5) is 5.69 Å². The van der Waals surface area contributed by atoms with E-state index in [9.17, 15) is 4.79 Å². The zero-order valence-corrected chi connectivity index (χ0v) is 10.00. The molecule has 0 fully saturated rings. The minimum absolute atomic E-state index is 0.169. The van der Waals surface area contributed by atoms with Crippen LogP contribution in [0.5, 0.6) is 0 Å². The van der Waals surface area contributed by atoms with E-state index in [1.807, 2.05) is 25.1 Å². The van der Waals surface area contributed by atoms with Gasteiger partial charge >= 0.3 is 0 Å². The highest BCUT2D eigenvalue weighted by Gasteiger charge is 1.98. The van der Waals surface area contributed by atoms with Crippen LogP contribution < -0.4 is 5.32 Å². The third-order valence-electron chi connectivity index (χ3n) is 2.30. The zero-order chi connectivity index (χ0) is 12.8. The second-order valence-corrected chi connectivity index (χ2v) is 3.79. The zero-order valence-electron chi connectivity index (χ0n) is 10.00. The van der Waals surface area contributed by atoms with Crippen LogP contribution in [-0.4, -0.2) is 15.9 Å². The molecule has 2 rings (SSSR count). The largest absolute Gasteiger partial charge is 0.322 e. The van der Waals surface area contributed by atoms with Gasteiger partial charge in [-0.1, -0.05) is 0 Å². The lowest BCUT2D eigenvalue weighted by molar-refractivity contribution is -0.111. The van der Waals surface area contributed by atoms with E-state index in [-0.39, 0.29) is 5.91 Å². The highest BCUT2D eigenvalue weighted by Crippen LogP contribution is 2.07. The summed E-state index contributed by atoms with van der Waals surface area (Å²) in [5.41, 5.74) is 2.55. The molecule has 0 aromatic carbocycles. The molecule has 0 aliphatic heterocycles. The lowest BCUT2D eigenvalue weighted by Crippen LogP contribution is -2.07. The first-order valence-electron chi connectivity index (χ1n) is 5.56. The van der Waals surface area contributed by atoms with Crippen molar-refractivity contribution in [1.29, 1.82) is 0 Å². The van der Waals surface area contributed by atoms with E-state index in [1.54, 1.807) is 30.7 Å². The number of aryl methyl sites for hydroxylation is 1. The van der Waals surface area contributed by atoms with Crippen molar-refractivity contribution < 1.29 is 4.79 Å². The predicted molar refractivity (Wildman–Crippen MR) is 70.9 cm³/mol. The van der Waals surface area contributed by atoms with Crippen molar-refractivity contribution in [2.45, 2.75) is 6.92 Å². The van der Waals surface area contributed by atoms with Crippen LogP contribution in [0.3, 0.4) is 0 Å². The SMILES string of the molecule is Cc1cc(NC(=O)/C=C\c2ccncc2)ccn1. The Morgan fingerprint density at radius 2 is 2.00 bits per heavy atom. The fourth-order valence-corrected chi connectivity index (χ4v) is 1.45. The van der Waals surface area contributed by atoms with Gasteiger partial charge in [-0.25, -0.2) is 0 Å². The first-order chi connectivity index (χ1) is 8.74. The minimum Gasteiger partial charge on any atom is -0.322 e. The van der Waals surface area contributed by atoms with Gasteiger partial charge in [0, 0.05) is 36.0 Å². The van der Waals surface area contributed by atoms with Gasteiger partial charge in [0.2, 0.25) is 5.91 Å². The van der Waals surface area contributed by atoms with Gasteiger partial charge in [0.25, 0.3) is 0 Å². The predicted octanol–water partition coefficient (Wildman–Crippen LogP) is 2.44. The van der Waals surface area contributed by atoms with E-state index in [2.05, 4.69) is 15.3 Å². The van der Waals surface area contributed by atoms with Gasteiger partial charge in [-0.15, -0.1) is 0 Å². The van der Waals surface area contributed by atoms with Gasteiger partial charge in [-0.3, -0.25) is 14.8 Å². The standard InChI is InChI=1S/C14H13N3O/c1-11-10-13(6-9-16-11)17-14(18)3-2-12-4-7-15-8-5-12/h2-10H,1H3,(H,16,17,18)/b3-2-. The molecule has 0 spiro atoms. The molecule has 2 aromatic heterocycles. The molecule has 0 saturated carbocycles. The Morgan fingerprint density at radius 3 is 2.72 bits per heavy atom. The number of amides is 1. The third kappa shape index (κ3) is 3.52. The molecule has 1 amide bonds. The number of carbonyl (C=O) groups is 1. The van der Waals surface area contributed by atoms with Gasteiger partial charge in [0.05, 0.1) is 0 Å². The number of carbonyl (C=O) groups excluding carboxylic acids is 1. The molecule has 0 saturated heterocycles. The van der Waals surface area contributed by atoms with Crippen LogP contribution in [0.15, 0.2) is 48.9 Å². The van der Waals surface area contributed by atoms with Crippen LogP contribution in [-0.2, 0) is 4.79 Å². The van der Waals surface area contributed by atoms with Crippen LogP contribution in [0.1, 0.15) is 11.3 Å². The molecule has 4 heteroatoms. The molecule has 2 heterocycles. The Kier molecular flexibility index (Phi) is 3.81. The van der Waals surface area contributed by atoms with Crippen molar-refractivity contribution in [3.05, 3.63) is 60.2 Å². The number of hydrogen-bond donors (Lipinski definition) is 1. The lowest BCUT2D eigenvalue weighted by atomic mass is 10.2. The quantitative estimate of drug-likeness (QED) is 0.837. The van der Waals surface area contributed by atoms with E-state index < -0.39 is 0 Å². The summed E-state index contributed by atoms with van der Waals surface area (Å²) in [7, 11) is 0. The van der Waals surface area contributed by atoms with Crippen molar-refractivity contribution in [3.63, 3.8) is 0 Å². The molecule has 90 valence electrons. The monoisotopic (exact) mass is 239 g/mol. The first-order valence-corrected chi connectivity index (χ1v) is 5.56. The maximum Gasteiger partial charge on any atom is 0.248 e. The van der Waals surface area contributed by atoms with Crippen molar-refractivity contribution in [3.8, 4) is 0 Å². The van der Waals surface area contributed by atoms with Crippen molar-refractivity contribution >= 4 is 17.7 Å². The van der Waals surface area contributed by atoms with E-state index in [0.717, 1.165) is 16.9 Å². The van der Waals surface area contributed by atoms with Gasteiger partial charge < -0.3 is 5.32 Å². The molecule has 0 aliphatic rings. The van der Waals surface area contributed by atoms with Gasteiger partial charge in [-0.05, 0) is 42.8 Å². The molecule has 0 bridgehead atoms. The van der Waals surface area contributed by atoms with Crippen molar-refractivity contribution in [2.24, 2.45) is 0 Å². The Balaban J connectivity index is 1.99. The summed E-state index contributed by atoms with van der Waals surface area (Å²) < 4.78 is 0. The van der Waals surface area contributed by atoms with E-state index >= 15 is 0 Å². The summed E-state index contributed by atoms with van der Waals surface area (Å²) in [6.45, 7) is 1.88. The highest BCUT2D eigenvalue weighted by atomic mass is 16.1. The minimum atomic E-state index is -0.169. The Bertz CT molecular complexity index is 564. The van der Waals surface area contributed by atoms with Crippen LogP contribution >= 0.6 is 0 Å². The second-order valence-electron chi connectivity index (χ2n) is 3.79. The Hall–Kier alpha value is -2.49. The smallest absolute Gasteiger partial charge is 0.248 e. The van der Waals surface area contributed by atoms with E-state index in [1.165, 1.54) is 6.08 Å². The summed E-state index contributed by atoms with van der Waals surface area (Å²) in [6, 6.07) is 7.24. The van der Waals surface area contributed by atoms with E-state index in [4.69, 9.17) is 0 Å². The maximum absolute atomic E-state index is 11.7. The fraction of sp³-hybridized carbons (Fsp3) is 0.0714. The molecule has 0 radical (unpaired) electrons. The number of nitrogens with one attached hydrogen (secondary N) is 1. The molecule has 2 aromatic rings. The number of pyridine rings is 2. The molecule has 0 aliphatic carbocycles. The Labute approximate surface area is 105 Å². The molecule has 4 nitrogen and oxygen atoms in total. The number of aromatic nitrogens is 2. The van der Waals surface area contributed by atoms with Gasteiger partial charge in [-0.2, -0.15) is 0 Å². The maximum atomic E-state index is 11.7.